The molecule has 1 fully saturated rings. The lowest BCUT2D eigenvalue weighted by molar-refractivity contribution is 0.557. The molecule has 0 heterocycles. The van der Waals surface area contributed by atoms with Crippen LogP contribution in [-0.4, -0.2) is 14.2 Å². The van der Waals surface area contributed by atoms with Gasteiger partial charge in [-0.3, -0.25) is 0 Å². The molecule has 1 saturated carbocycles. The Morgan fingerprint density at radius 2 is 1.94 bits per heavy atom. The van der Waals surface area contributed by atoms with Gasteiger partial charge in [-0.2, -0.15) is 0 Å². The molecule has 0 atom stereocenters. The fourth-order valence-electron chi connectivity index (χ4n) is 2.28. The minimum Gasteiger partial charge on any atom is -0.396 e. The molecule has 0 spiro atoms. The summed E-state index contributed by atoms with van der Waals surface area (Å²) in [4.78, 5) is 0.0381. The third kappa shape index (κ3) is 2.77. The summed E-state index contributed by atoms with van der Waals surface area (Å²) in [5.74, 6) is -0.325. The minimum absolute atomic E-state index is 0.0233. The standard InChI is InChI=1S/C12H16FNO2S/c13-11-7-10(5-6-12(11)14)17(15,16)8-9-3-1-2-4-9/h5-7,9H,1-4,8,14H2. The van der Waals surface area contributed by atoms with Gasteiger partial charge >= 0.3 is 0 Å². The summed E-state index contributed by atoms with van der Waals surface area (Å²) in [6.07, 6.45) is 4.10. The van der Waals surface area contributed by atoms with Gasteiger partial charge in [0.05, 0.1) is 16.3 Å². The normalized spacial score (nSPS) is 17.5. The molecule has 0 aliphatic heterocycles. The second kappa shape index (κ2) is 4.64. The van der Waals surface area contributed by atoms with Crippen LogP contribution in [0.25, 0.3) is 0 Å². The molecule has 0 saturated heterocycles. The second-order valence-corrected chi connectivity index (χ2v) is 6.65. The van der Waals surface area contributed by atoms with E-state index in [2.05, 4.69) is 0 Å². The summed E-state index contributed by atoms with van der Waals surface area (Å²) in [6, 6.07) is 3.69. The smallest absolute Gasteiger partial charge is 0.178 e. The first-order chi connectivity index (χ1) is 7.99. The number of rotatable bonds is 3. The van der Waals surface area contributed by atoms with E-state index in [0.29, 0.717) is 0 Å². The van der Waals surface area contributed by atoms with Gasteiger partial charge in [-0.1, -0.05) is 12.8 Å². The van der Waals surface area contributed by atoms with Gasteiger partial charge in [-0.15, -0.1) is 0 Å². The van der Waals surface area contributed by atoms with E-state index in [-0.39, 0.29) is 22.3 Å². The number of halogens is 1. The Labute approximate surface area is 101 Å². The Morgan fingerprint density at radius 1 is 1.29 bits per heavy atom. The van der Waals surface area contributed by atoms with Gasteiger partial charge < -0.3 is 5.73 Å². The SMILES string of the molecule is Nc1ccc(S(=O)(=O)CC2CCCC2)cc1F. The maximum atomic E-state index is 13.2. The Hall–Kier alpha value is -1.10. The first-order valence-electron chi connectivity index (χ1n) is 5.77. The van der Waals surface area contributed by atoms with Crippen molar-refractivity contribution in [3.63, 3.8) is 0 Å². The van der Waals surface area contributed by atoms with Crippen LogP contribution in [0.5, 0.6) is 0 Å². The largest absolute Gasteiger partial charge is 0.396 e. The van der Waals surface area contributed by atoms with E-state index in [4.69, 9.17) is 5.73 Å². The molecule has 5 heteroatoms. The van der Waals surface area contributed by atoms with Crippen molar-refractivity contribution in [1.82, 2.24) is 0 Å². The van der Waals surface area contributed by atoms with E-state index in [9.17, 15) is 12.8 Å². The van der Waals surface area contributed by atoms with E-state index in [0.717, 1.165) is 31.7 Å². The summed E-state index contributed by atoms with van der Waals surface area (Å²) >= 11 is 0. The third-order valence-corrected chi connectivity index (χ3v) is 5.14. The number of hydrogen-bond donors (Lipinski definition) is 1. The topological polar surface area (TPSA) is 60.2 Å². The highest BCUT2D eigenvalue weighted by Gasteiger charge is 2.24. The maximum absolute atomic E-state index is 13.2. The minimum atomic E-state index is -3.38. The lowest BCUT2D eigenvalue weighted by atomic mass is 10.1. The highest BCUT2D eigenvalue weighted by atomic mass is 32.2. The van der Waals surface area contributed by atoms with Crippen LogP contribution in [0.15, 0.2) is 23.1 Å². The van der Waals surface area contributed by atoms with E-state index in [1.165, 1.54) is 12.1 Å². The van der Waals surface area contributed by atoms with Gasteiger partial charge in [0.25, 0.3) is 0 Å². The van der Waals surface area contributed by atoms with Crippen molar-refractivity contribution in [2.45, 2.75) is 30.6 Å². The van der Waals surface area contributed by atoms with E-state index < -0.39 is 15.7 Å². The predicted molar refractivity (Wildman–Crippen MR) is 64.8 cm³/mol. The molecular weight excluding hydrogens is 241 g/mol. The van der Waals surface area contributed by atoms with Crippen molar-refractivity contribution in [2.24, 2.45) is 5.92 Å². The Balaban J connectivity index is 2.21. The van der Waals surface area contributed by atoms with Crippen LogP contribution in [0.1, 0.15) is 25.7 Å². The summed E-state index contributed by atoms with van der Waals surface area (Å²) in [5.41, 5.74) is 5.30. The first kappa shape index (κ1) is 12.4. The second-order valence-electron chi connectivity index (χ2n) is 4.62. The molecule has 1 aliphatic rings. The molecular formula is C12H16FNO2S. The average Bonchev–Trinajstić information content (AvgIpc) is 2.73. The van der Waals surface area contributed by atoms with Crippen LogP contribution in [0.3, 0.4) is 0 Å². The molecule has 0 amide bonds. The zero-order valence-electron chi connectivity index (χ0n) is 9.52. The monoisotopic (exact) mass is 257 g/mol. The molecule has 0 unspecified atom stereocenters. The van der Waals surface area contributed by atoms with Gasteiger partial charge in [0.15, 0.2) is 9.84 Å². The fourth-order valence-corrected chi connectivity index (χ4v) is 3.99. The quantitative estimate of drug-likeness (QED) is 0.846. The number of sulfone groups is 1. The van der Waals surface area contributed by atoms with Crippen molar-refractivity contribution in [3.05, 3.63) is 24.0 Å². The predicted octanol–water partition coefficient (Wildman–Crippen LogP) is 2.37. The summed E-state index contributed by atoms with van der Waals surface area (Å²) in [7, 11) is -3.38. The van der Waals surface area contributed by atoms with Crippen molar-refractivity contribution < 1.29 is 12.8 Å². The van der Waals surface area contributed by atoms with Crippen LogP contribution >= 0.6 is 0 Å². The third-order valence-electron chi connectivity index (χ3n) is 3.26. The molecule has 3 nitrogen and oxygen atoms in total. The summed E-state index contributed by atoms with van der Waals surface area (Å²) in [5, 5.41) is 0. The molecule has 0 radical (unpaired) electrons. The Morgan fingerprint density at radius 3 is 2.53 bits per heavy atom. The van der Waals surface area contributed by atoms with Gasteiger partial charge in [-0.25, -0.2) is 12.8 Å². The van der Waals surface area contributed by atoms with Gasteiger partial charge in [0, 0.05) is 0 Å². The maximum Gasteiger partial charge on any atom is 0.178 e. The average molecular weight is 257 g/mol. The lowest BCUT2D eigenvalue weighted by Crippen LogP contribution is -2.14. The van der Waals surface area contributed by atoms with Crippen LogP contribution < -0.4 is 5.73 Å². The van der Waals surface area contributed by atoms with E-state index in [1.807, 2.05) is 0 Å². The fraction of sp³-hybridized carbons (Fsp3) is 0.500. The molecule has 2 N–H and O–H groups in total. The number of hydrogen-bond acceptors (Lipinski definition) is 3. The van der Waals surface area contributed by atoms with Crippen molar-refractivity contribution in [3.8, 4) is 0 Å². The van der Waals surface area contributed by atoms with Gasteiger partial charge in [0.2, 0.25) is 0 Å². The molecule has 1 aromatic carbocycles. The molecule has 94 valence electrons. The zero-order chi connectivity index (χ0) is 12.5. The lowest BCUT2D eigenvalue weighted by Gasteiger charge is -2.10. The molecule has 17 heavy (non-hydrogen) atoms. The first-order valence-corrected chi connectivity index (χ1v) is 7.42. The Kier molecular flexibility index (Phi) is 3.38. The van der Waals surface area contributed by atoms with Crippen LogP contribution in [0.4, 0.5) is 10.1 Å². The van der Waals surface area contributed by atoms with Crippen LogP contribution in [0, 0.1) is 11.7 Å². The van der Waals surface area contributed by atoms with Crippen molar-refractivity contribution in [1.29, 1.82) is 0 Å². The number of benzene rings is 1. The molecule has 2 rings (SSSR count). The number of anilines is 1. The number of nitrogens with two attached hydrogens (primary N) is 1. The van der Waals surface area contributed by atoms with Crippen molar-refractivity contribution >= 4 is 15.5 Å². The molecule has 1 aliphatic carbocycles. The highest BCUT2D eigenvalue weighted by molar-refractivity contribution is 7.91. The van der Waals surface area contributed by atoms with Crippen molar-refractivity contribution in [2.75, 3.05) is 11.5 Å². The van der Waals surface area contributed by atoms with Crippen LogP contribution in [0.2, 0.25) is 0 Å². The highest BCUT2D eigenvalue weighted by Crippen LogP contribution is 2.28. The van der Waals surface area contributed by atoms with Gasteiger partial charge in [0.1, 0.15) is 5.82 Å². The molecule has 0 aromatic heterocycles. The van der Waals surface area contributed by atoms with Crippen LogP contribution in [-0.2, 0) is 9.84 Å². The summed E-state index contributed by atoms with van der Waals surface area (Å²) in [6.45, 7) is 0. The summed E-state index contributed by atoms with van der Waals surface area (Å²) < 4.78 is 37.3. The number of nitrogen functional groups attached to an aromatic ring is 1. The molecule has 0 bridgehead atoms. The van der Waals surface area contributed by atoms with E-state index >= 15 is 0 Å². The Bertz CT molecular complexity index is 507. The van der Waals surface area contributed by atoms with E-state index in [1.54, 1.807) is 0 Å². The zero-order valence-corrected chi connectivity index (χ0v) is 10.3. The molecule has 1 aromatic rings. The van der Waals surface area contributed by atoms with Gasteiger partial charge in [-0.05, 0) is 37.0 Å².